The van der Waals surface area contributed by atoms with Crippen molar-refractivity contribution in [1.82, 2.24) is 0 Å². The first-order valence-corrected chi connectivity index (χ1v) is 8.40. The minimum atomic E-state index is -0.133. The standard InChI is InChI=1S/C22H28O2/c1-14(23)17-10-8-15(12-18(17)21(2,3)4)16-9-11-20(24)19(13-16)22(5,6)7/h8-13,24H,1-7H3. The average molecular weight is 324 g/mol. The Bertz CT molecular complexity index is 772. The van der Waals surface area contributed by atoms with Gasteiger partial charge in [0, 0.05) is 5.56 Å². The van der Waals surface area contributed by atoms with Gasteiger partial charge < -0.3 is 5.11 Å². The van der Waals surface area contributed by atoms with Gasteiger partial charge in [0.2, 0.25) is 0 Å². The van der Waals surface area contributed by atoms with Gasteiger partial charge in [-0.2, -0.15) is 0 Å². The van der Waals surface area contributed by atoms with Crippen molar-refractivity contribution in [3.63, 3.8) is 0 Å². The maximum absolute atomic E-state index is 12.0. The summed E-state index contributed by atoms with van der Waals surface area (Å²) in [4.78, 5) is 12.0. The molecule has 2 nitrogen and oxygen atoms in total. The Morgan fingerprint density at radius 1 is 0.792 bits per heavy atom. The van der Waals surface area contributed by atoms with E-state index in [-0.39, 0.29) is 16.6 Å². The summed E-state index contributed by atoms with van der Waals surface area (Å²) in [6, 6.07) is 11.7. The maximum atomic E-state index is 12.0. The molecule has 0 aliphatic rings. The molecule has 0 aliphatic heterocycles. The third-order valence-corrected chi connectivity index (χ3v) is 4.34. The molecule has 2 aromatic rings. The highest BCUT2D eigenvalue weighted by Crippen LogP contribution is 2.36. The van der Waals surface area contributed by atoms with Crippen molar-refractivity contribution in [2.45, 2.75) is 59.3 Å². The summed E-state index contributed by atoms with van der Waals surface area (Å²) in [5.74, 6) is 0.412. The van der Waals surface area contributed by atoms with E-state index in [4.69, 9.17) is 0 Å². The number of aromatic hydroxyl groups is 1. The maximum Gasteiger partial charge on any atom is 0.160 e. The molecule has 0 radical (unpaired) electrons. The van der Waals surface area contributed by atoms with Crippen LogP contribution in [0.4, 0.5) is 0 Å². The molecule has 0 aromatic heterocycles. The lowest BCUT2D eigenvalue weighted by molar-refractivity contribution is 0.101. The monoisotopic (exact) mass is 324 g/mol. The fraction of sp³-hybridized carbons (Fsp3) is 0.409. The number of carbonyl (C=O) groups excluding carboxylic acids is 1. The SMILES string of the molecule is CC(=O)c1ccc(-c2ccc(O)c(C(C)(C)C)c2)cc1C(C)(C)C. The van der Waals surface area contributed by atoms with Gasteiger partial charge in [0.05, 0.1) is 0 Å². The molecule has 0 amide bonds. The largest absolute Gasteiger partial charge is 0.508 e. The molecule has 0 saturated heterocycles. The highest BCUT2D eigenvalue weighted by Gasteiger charge is 2.22. The van der Waals surface area contributed by atoms with Crippen LogP contribution < -0.4 is 0 Å². The summed E-state index contributed by atoms with van der Waals surface area (Å²) in [6.45, 7) is 14.2. The Kier molecular flexibility index (Phi) is 4.63. The molecular weight excluding hydrogens is 296 g/mol. The van der Waals surface area contributed by atoms with Crippen LogP contribution in [0.5, 0.6) is 5.75 Å². The molecule has 128 valence electrons. The zero-order valence-electron chi connectivity index (χ0n) is 15.8. The first-order valence-electron chi connectivity index (χ1n) is 8.40. The molecule has 0 heterocycles. The Labute approximate surface area is 145 Å². The predicted molar refractivity (Wildman–Crippen MR) is 101 cm³/mol. The highest BCUT2D eigenvalue weighted by molar-refractivity contribution is 5.96. The molecule has 0 bridgehead atoms. The van der Waals surface area contributed by atoms with Crippen LogP contribution in [0, 0.1) is 0 Å². The molecule has 0 spiro atoms. The Balaban J connectivity index is 2.64. The lowest BCUT2D eigenvalue weighted by Crippen LogP contribution is -2.16. The number of hydrogen-bond acceptors (Lipinski definition) is 2. The lowest BCUT2D eigenvalue weighted by Gasteiger charge is -2.24. The molecular formula is C22H28O2. The van der Waals surface area contributed by atoms with E-state index in [1.165, 1.54) is 0 Å². The Morgan fingerprint density at radius 3 is 1.71 bits per heavy atom. The van der Waals surface area contributed by atoms with E-state index in [1.807, 2.05) is 24.3 Å². The number of phenols is 1. The topological polar surface area (TPSA) is 37.3 Å². The van der Waals surface area contributed by atoms with Crippen molar-refractivity contribution in [2.24, 2.45) is 0 Å². The smallest absolute Gasteiger partial charge is 0.160 e. The second kappa shape index (κ2) is 6.08. The van der Waals surface area contributed by atoms with E-state index in [1.54, 1.807) is 13.0 Å². The molecule has 2 rings (SSSR count). The number of Topliss-reactive ketones (excluding diaryl/α,β-unsaturated/α-hetero) is 1. The zero-order chi connectivity index (χ0) is 18.3. The molecule has 0 atom stereocenters. The van der Waals surface area contributed by atoms with Crippen LogP contribution in [0.3, 0.4) is 0 Å². The molecule has 2 heteroatoms. The van der Waals surface area contributed by atoms with E-state index >= 15 is 0 Å². The van der Waals surface area contributed by atoms with Crippen LogP contribution in [-0.4, -0.2) is 10.9 Å². The Hall–Kier alpha value is -2.09. The predicted octanol–water partition coefficient (Wildman–Crippen LogP) is 5.86. The van der Waals surface area contributed by atoms with Crippen molar-refractivity contribution in [3.05, 3.63) is 53.1 Å². The van der Waals surface area contributed by atoms with E-state index in [0.29, 0.717) is 5.75 Å². The minimum Gasteiger partial charge on any atom is -0.508 e. The van der Waals surface area contributed by atoms with Gasteiger partial charge in [-0.05, 0) is 58.2 Å². The van der Waals surface area contributed by atoms with E-state index in [0.717, 1.165) is 27.8 Å². The third-order valence-electron chi connectivity index (χ3n) is 4.34. The molecule has 0 fully saturated rings. The van der Waals surface area contributed by atoms with Gasteiger partial charge in [0.1, 0.15) is 5.75 Å². The summed E-state index contributed by atoms with van der Waals surface area (Å²) in [5.41, 5.74) is 4.63. The van der Waals surface area contributed by atoms with E-state index < -0.39 is 0 Å². The average Bonchev–Trinajstić information content (AvgIpc) is 2.45. The summed E-state index contributed by atoms with van der Waals surface area (Å²) < 4.78 is 0. The van der Waals surface area contributed by atoms with Gasteiger partial charge >= 0.3 is 0 Å². The van der Waals surface area contributed by atoms with Gasteiger partial charge in [0.25, 0.3) is 0 Å². The van der Waals surface area contributed by atoms with E-state index in [9.17, 15) is 9.90 Å². The first kappa shape index (κ1) is 18.3. The lowest BCUT2D eigenvalue weighted by atomic mass is 9.80. The van der Waals surface area contributed by atoms with E-state index in [2.05, 4.69) is 47.6 Å². The summed E-state index contributed by atoms with van der Waals surface area (Å²) >= 11 is 0. The van der Waals surface area contributed by atoms with Gasteiger partial charge in [-0.25, -0.2) is 0 Å². The first-order chi connectivity index (χ1) is 10.9. The summed E-state index contributed by atoms with van der Waals surface area (Å²) in [6.07, 6.45) is 0. The quantitative estimate of drug-likeness (QED) is 0.703. The van der Waals surface area contributed by atoms with Crippen molar-refractivity contribution in [2.75, 3.05) is 0 Å². The number of rotatable bonds is 2. The molecule has 0 saturated carbocycles. The Morgan fingerprint density at radius 2 is 1.25 bits per heavy atom. The molecule has 2 aromatic carbocycles. The van der Waals surface area contributed by atoms with Crippen molar-refractivity contribution >= 4 is 5.78 Å². The number of phenolic OH excluding ortho intramolecular Hbond substituents is 1. The van der Waals surface area contributed by atoms with Crippen LogP contribution in [0.1, 0.15) is 70.0 Å². The number of carbonyl (C=O) groups is 1. The van der Waals surface area contributed by atoms with Crippen LogP contribution >= 0.6 is 0 Å². The van der Waals surface area contributed by atoms with Crippen molar-refractivity contribution in [1.29, 1.82) is 0 Å². The fourth-order valence-corrected chi connectivity index (χ4v) is 2.97. The number of hydrogen-bond donors (Lipinski definition) is 1. The number of ketones is 1. The van der Waals surface area contributed by atoms with Crippen molar-refractivity contribution in [3.8, 4) is 16.9 Å². The third kappa shape index (κ3) is 3.69. The normalized spacial score (nSPS) is 12.3. The zero-order valence-corrected chi connectivity index (χ0v) is 15.8. The summed E-state index contributed by atoms with van der Waals surface area (Å²) in [7, 11) is 0. The molecule has 1 N–H and O–H groups in total. The van der Waals surface area contributed by atoms with Crippen LogP contribution in [0.15, 0.2) is 36.4 Å². The van der Waals surface area contributed by atoms with Crippen molar-refractivity contribution < 1.29 is 9.90 Å². The number of benzene rings is 2. The van der Waals surface area contributed by atoms with Crippen LogP contribution in [0.25, 0.3) is 11.1 Å². The molecule has 0 unspecified atom stereocenters. The second-order valence-electron chi connectivity index (χ2n) is 8.55. The molecule has 24 heavy (non-hydrogen) atoms. The van der Waals surface area contributed by atoms with Gasteiger partial charge in [-0.1, -0.05) is 59.7 Å². The van der Waals surface area contributed by atoms with Gasteiger partial charge in [-0.3, -0.25) is 4.79 Å². The van der Waals surface area contributed by atoms with Crippen LogP contribution in [0.2, 0.25) is 0 Å². The summed E-state index contributed by atoms with van der Waals surface area (Å²) in [5, 5.41) is 10.2. The van der Waals surface area contributed by atoms with Gasteiger partial charge in [0.15, 0.2) is 5.78 Å². The van der Waals surface area contributed by atoms with Crippen LogP contribution in [-0.2, 0) is 10.8 Å². The fourth-order valence-electron chi connectivity index (χ4n) is 2.97. The minimum absolute atomic E-state index is 0.0903. The molecule has 0 aliphatic carbocycles. The highest BCUT2D eigenvalue weighted by atomic mass is 16.3. The second-order valence-corrected chi connectivity index (χ2v) is 8.55. The van der Waals surface area contributed by atoms with Gasteiger partial charge in [-0.15, -0.1) is 0 Å².